The molecule has 0 radical (unpaired) electrons. The van der Waals surface area contributed by atoms with Gasteiger partial charge in [0.05, 0.1) is 0 Å². The quantitative estimate of drug-likeness (QED) is 0.429. The van der Waals surface area contributed by atoms with Crippen molar-refractivity contribution in [1.29, 1.82) is 0 Å². The molecule has 0 bridgehead atoms. The third-order valence-corrected chi connectivity index (χ3v) is 5.96. The molecule has 1 rings (SSSR count). The van der Waals surface area contributed by atoms with Crippen molar-refractivity contribution >= 4 is 17.9 Å². The predicted molar refractivity (Wildman–Crippen MR) is 141 cm³/mol. The van der Waals surface area contributed by atoms with Crippen LogP contribution in [0.15, 0.2) is 24.3 Å². The van der Waals surface area contributed by atoms with E-state index in [-0.39, 0.29) is 29.8 Å². The second-order valence-corrected chi connectivity index (χ2v) is 10.9. The first-order chi connectivity index (χ1) is 16.2. The van der Waals surface area contributed by atoms with Gasteiger partial charge in [0.25, 0.3) is 0 Å². The van der Waals surface area contributed by atoms with Gasteiger partial charge in [-0.1, -0.05) is 63.9 Å². The molecule has 2 N–H and O–H groups in total. The van der Waals surface area contributed by atoms with E-state index in [4.69, 9.17) is 4.74 Å². The molecule has 1 aromatic carbocycles. The largest absolute Gasteiger partial charge is 0.444 e. The molecular formula is C28H47N3O4. The third-order valence-electron chi connectivity index (χ3n) is 5.96. The molecule has 35 heavy (non-hydrogen) atoms. The Balaban J connectivity index is 3.49. The first kappa shape index (κ1) is 30.5. The lowest BCUT2D eigenvalue weighted by Crippen LogP contribution is -2.57. The Morgan fingerprint density at radius 1 is 0.971 bits per heavy atom. The van der Waals surface area contributed by atoms with Gasteiger partial charge in [0.2, 0.25) is 11.8 Å². The van der Waals surface area contributed by atoms with Crippen LogP contribution in [0.5, 0.6) is 0 Å². The smallest absolute Gasteiger partial charge is 0.408 e. The van der Waals surface area contributed by atoms with E-state index >= 15 is 0 Å². The van der Waals surface area contributed by atoms with Crippen molar-refractivity contribution in [1.82, 2.24) is 15.5 Å². The minimum atomic E-state index is -0.840. The highest BCUT2D eigenvalue weighted by Gasteiger charge is 2.39. The maximum atomic E-state index is 14.1. The van der Waals surface area contributed by atoms with Crippen molar-refractivity contribution in [3.63, 3.8) is 0 Å². The Hall–Kier alpha value is -2.57. The zero-order chi connectivity index (χ0) is 26.9. The van der Waals surface area contributed by atoms with Gasteiger partial charge in [-0.15, -0.1) is 0 Å². The van der Waals surface area contributed by atoms with Gasteiger partial charge in [-0.05, 0) is 65.9 Å². The van der Waals surface area contributed by atoms with Crippen LogP contribution in [0, 0.1) is 12.8 Å². The fourth-order valence-electron chi connectivity index (χ4n) is 3.92. The summed E-state index contributed by atoms with van der Waals surface area (Å²) in [6.45, 7) is 19.0. The molecule has 4 atom stereocenters. The lowest BCUT2D eigenvalue weighted by atomic mass is 9.96. The van der Waals surface area contributed by atoms with E-state index < -0.39 is 23.8 Å². The van der Waals surface area contributed by atoms with Crippen molar-refractivity contribution in [3.8, 4) is 0 Å². The normalized spacial score (nSPS) is 15.1. The number of aryl methyl sites for hydroxylation is 1. The van der Waals surface area contributed by atoms with Crippen molar-refractivity contribution in [2.45, 2.75) is 118 Å². The number of benzene rings is 1. The average Bonchev–Trinajstić information content (AvgIpc) is 2.74. The summed E-state index contributed by atoms with van der Waals surface area (Å²) < 4.78 is 5.42. The number of hydrogen-bond acceptors (Lipinski definition) is 4. The van der Waals surface area contributed by atoms with E-state index in [0.717, 1.165) is 24.0 Å². The molecule has 198 valence electrons. The predicted octanol–water partition coefficient (Wildman–Crippen LogP) is 5.52. The van der Waals surface area contributed by atoms with Crippen LogP contribution in [-0.4, -0.2) is 46.5 Å². The first-order valence-electron chi connectivity index (χ1n) is 12.9. The Morgan fingerprint density at radius 2 is 1.54 bits per heavy atom. The second kappa shape index (κ2) is 13.5. The number of rotatable bonds is 11. The summed E-state index contributed by atoms with van der Waals surface area (Å²) in [4.78, 5) is 41.9. The molecule has 0 saturated heterocycles. The standard InChI is InChI=1S/C28H47N3O4/c1-11-13-20(6)29-25(32)24(22-16-14-19(5)15-17-22)31(21(7)12-2)26(33)23(18(3)4)30-27(34)35-28(8,9)10/h14-18,20-21,23-24H,11-13H2,1-10H3,(H,29,32)(H,30,34). The van der Waals surface area contributed by atoms with Crippen LogP contribution in [0.4, 0.5) is 4.79 Å². The molecule has 0 saturated carbocycles. The average molecular weight is 490 g/mol. The third kappa shape index (κ3) is 9.54. The molecule has 0 spiro atoms. The summed E-state index contributed by atoms with van der Waals surface area (Å²) in [6.07, 6.45) is 1.79. The molecule has 7 heteroatoms. The summed E-state index contributed by atoms with van der Waals surface area (Å²) >= 11 is 0. The highest BCUT2D eigenvalue weighted by Crippen LogP contribution is 2.28. The molecule has 4 unspecified atom stereocenters. The molecule has 3 amide bonds. The number of nitrogens with zero attached hydrogens (tertiary/aromatic N) is 1. The maximum absolute atomic E-state index is 14.1. The minimum absolute atomic E-state index is 0.0184. The van der Waals surface area contributed by atoms with Gasteiger partial charge in [-0.2, -0.15) is 0 Å². The zero-order valence-electron chi connectivity index (χ0n) is 23.4. The topological polar surface area (TPSA) is 87.7 Å². The van der Waals surface area contributed by atoms with E-state index in [1.165, 1.54) is 0 Å². The van der Waals surface area contributed by atoms with Gasteiger partial charge in [-0.3, -0.25) is 9.59 Å². The van der Waals surface area contributed by atoms with E-state index in [9.17, 15) is 14.4 Å². The molecule has 0 fully saturated rings. The van der Waals surface area contributed by atoms with Crippen LogP contribution in [0.3, 0.4) is 0 Å². The SMILES string of the molecule is CCCC(C)NC(=O)C(c1ccc(C)cc1)N(C(=O)C(NC(=O)OC(C)(C)C)C(C)C)C(C)CC. The monoisotopic (exact) mass is 489 g/mol. The summed E-state index contributed by atoms with van der Waals surface area (Å²) in [7, 11) is 0. The Bertz CT molecular complexity index is 830. The van der Waals surface area contributed by atoms with Crippen molar-refractivity contribution in [2.75, 3.05) is 0 Å². The van der Waals surface area contributed by atoms with Gasteiger partial charge in [-0.25, -0.2) is 4.79 Å². The Morgan fingerprint density at radius 3 is 2.00 bits per heavy atom. The summed E-state index contributed by atoms with van der Waals surface area (Å²) in [6, 6.07) is 5.79. The number of carbonyl (C=O) groups is 3. The minimum Gasteiger partial charge on any atom is -0.444 e. The van der Waals surface area contributed by atoms with Crippen LogP contribution in [0.25, 0.3) is 0 Å². The number of hydrogen-bond donors (Lipinski definition) is 2. The Kier molecular flexibility index (Phi) is 11.7. The van der Waals surface area contributed by atoms with Crippen molar-refractivity contribution in [2.24, 2.45) is 5.92 Å². The van der Waals surface area contributed by atoms with Crippen molar-refractivity contribution < 1.29 is 19.1 Å². The molecule has 7 nitrogen and oxygen atoms in total. The van der Waals surface area contributed by atoms with Crippen LogP contribution >= 0.6 is 0 Å². The second-order valence-electron chi connectivity index (χ2n) is 10.9. The molecule has 0 aliphatic carbocycles. The number of alkyl carbamates (subject to hydrolysis) is 1. The van der Waals surface area contributed by atoms with Gasteiger partial charge in [0.15, 0.2) is 0 Å². The van der Waals surface area contributed by atoms with Gasteiger partial charge < -0.3 is 20.3 Å². The van der Waals surface area contributed by atoms with E-state index in [2.05, 4.69) is 17.6 Å². The van der Waals surface area contributed by atoms with Crippen LogP contribution < -0.4 is 10.6 Å². The maximum Gasteiger partial charge on any atom is 0.408 e. The van der Waals surface area contributed by atoms with E-state index in [1.54, 1.807) is 25.7 Å². The molecule has 0 aromatic heterocycles. The van der Waals surface area contributed by atoms with Crippen LogP contribution in [-0.2, 0) is 14.3 Å². The summed E-state index contributed by atoms with van der Waals surface area (Å²) in [5.74, 6) is -0.727. The first-order valence-corrected chi connectivity index (χ1v) is 12.9. The van der Waals surface area contributed by atoms with Gasteiger partial charge >= 0.3 is 6.09 Å². The van der Waals surface area contributed by atoms with E-state index in [0.29, 0.717) is 6.42 Å². The van der Waals surface area contributed by atoms with Crippen LogP contribution in [0.2, 0.25) is 0 Å². The van der Waals surface area contributed by atoms with Gasteiger partial charge in [0, 0.05) is 12.1 Å². The van der Waals surface area contributed by atoms with Gasteiger partial charge in [0.1, 0.15) is 17.7 Å². The van der Waals surface area contributed by atoms with E-state index in [1.807, 2.05) is 65.8 Å². The number of amides is 3. The van der Waals surface area contributed by atoms with Crippen LogP contribution in [0.1, 0.15) is 98.7 Å². The fraction of sp³-hybridized carbons (Fsp3) is 0.679. The Labute approximate surface area is 212 Å². The fourth-order valence-corrected chi connectivity index (χ4v) is 3.92. The molecule has 0 aliphatic heterocycles. The molecule has 0 aliphatic rings. The summed E-state index contributed by atoms with van der Waals surface area (Å²) in [5.41, 5.74) is 1.12. The lowest BCUT2D eigenvalue weighted by Gasteiger charge is -2.39. The highest BCUT2D eigenvalue weighted by atomic mass is 16.6. The number of carbonyl (C=O) groups excluding carboxylic acids is 3. The molecule has 0 heterocycles. The molecule has 1 aromatic rings. The molecular weight excluding hydrogens is 442 g/mol. The number of nitrogens with one attached hydrogen (secondary N) is 2. The van der Waals surface area contributed by atoms with Crippen molar-refractivity contribution in [3.05, 3.63) is 35.4 Å². The lowest BCUT2D eigenvalue weighted by molar-refractivity contribution is -0.146. The zero-order valence-corrected chi connectivity index (χ0v) is 23.4. The highest BCUT2D eigenvalue weighted by molar-refractivity contribution is 5.92. The summed E-state index contributed by atoms with van der Waals surface area (Å²) in [5, 5.41) is 5.87. The number of ether oxygens (including phenoxy) is 1.